The van der Waals surface area contributed by atoms with Gasteiger partial charge >= 0.3 is 6.03 Å². The highest BCUT2D eigenvalue weighted by Crippen LogP contribution is 2.30. The zero-order valence-corrected chi connectivity index (χ0v) is 16.8. The molecular formula is C22H24N4O3. The third kappa shape index (κ3) is 3.63. The van der Waals surface area contributed by atoms with Crippen molar-refractivity contribution in [1.82, 2.24) is 14.5 Å². The zero-order chi connectivity index (χ0) is 20.4. The number of urea groups is 1. The Morgan fingerprint density at radius 2 is 1.90 bits per heavy atom. The summed E-state index contributed by atoms with van der Waals surface area (Å²) in [5.41, 5.74) is 3.76. The van der Waals surface area contributed by atoms with Crippen LogP contribution in [0.4, 0.5) is 10.5 Å². The van der Waals surface area contributed by atoms with E-state index in [0.717, 1.165) is 29.2 Å². The molecular weight excluding hydrogens is 368 g/mol. The molecule has 2 aromatic carbocycles. The monoisotopic (exact) mass is 392 g/mol. The van der Waals surface area contributed by atoms with Gasteiger partial charge in [0.15, 0.2) is 0 Å². The van der Waals surface area contributed by atoms with Gasteiger partial charge in [0.2, 0.25) is 0 Å². The van der Waals surface area contributed by atoms with E-state index >= 15 is 0 Å². The number of nitrogens with one attached hydrogen (secondary N) is 1. The molecule has 0 bridgehead atoms. The summed E-state index contributed by atoms with van der Waals surface area (Å²) < 4.78 is 12.7. The zero-order valence-electron chi connectivity index (χ0n) is 16.8. The number of imidazole rings is 1. The van der Waals surface area contributed by atoms with E-state index in [-0.39, 0.29) is 6.03 Å². The number of carbonyl (C=O) groups is 1. The van der Waals surface area contributed by atoms with Gasteiger partial charge < -0.3 is 24.3 Å². The van der Waals surface area contributed by atoms with Crippen LogP contribution in [0.1, 0.15) is 11.4 Å². The molecule has 0 spiro atoms. The molecule has 0 radical (unpaired) electrons. The Morgan fingerprint density at radius 3 is 2.62 bits per heavy atom. The smallest absolute Gasteiger partial charge is 0.322 e. The largest absolute Gasteiger partial charge is 0.497 e. The van der Waals surface area contributed by atoms with Crippen LogP contribution in [0.3, 0.4) is 0 Å². The minimum absolute atomic E-state index is 0.176. The lowest BCUT2D eigenvalue weighted by molar-refractivity contribution is 0.204. The normalized spacial score (nSPS) is 13.0. The van der Waals surface area contributed by atoms with Crippen LogP contribution >= 0.6 is 0 Å². The molecule has 1 N–H and O–H groups in total. The fourth-order valence-electron chi connectivity index (χ4n) is 3.61. The van der Waals surface area contributed by atoms with E-state index in [0.29, 0.717) is 30.3 Å². The molecule has 0 unspecified atom stereocenters. The lowest BCUT2D eigenvalue weighted by Gasteiger charge is -2.27. The number of rotatable bonds is 4. The summed E-state index contributed by atoms with van der Waals surface area (Å²) >= 11 is 0. The molecule has 1 aliphatic rings. The SMILES string of the molecule is COc1ccc(OC)c(NC(=O)N2CCc3nc(-c4ccccc4)n(C)c3C2)c1. The molecule has 3 aromatic rings. The van der Waals surface area contributed by atoms with Gasteiger partial charge in [-0.05, 0) is 12.1 Å². The topological polar surface area (TPSA) is 68.6 Å². The number of aromatic nitrogens is 2. The molecule has 150 valence electrons. The van der Waals surface area contributed by atoms with E-state index in [4.69, 9.17) is 14.5 Å². The van der Waals surface area contributed by atoms with Crippen LogP contribution in [0, 0.1) is 0 Å². The predicted octanol–water partition coefficient (Wildman–Crippen LogP) is 3.69. The van der Waals surface area contributed by atoms with Crippen molar-refractivity contribution in [3.63, 3.8) is 0 Å². The Labute approximate surface area is 169 Å². The van der Waals surface area contributed by atoms with Crippen LogP contribution < -0.4 is 14.8 Å². The third-order valence-electron chi connectivity index (χ3n) is 5.22. The van der Waals surface area contributed by atoms with Gasteiger partial charge in [0.1, 0.15) is 17.3 Å². The Hall–Kier alpha value is -3.48. The maximum atomic E-state index is 12.9. The maximum absolute atomic E-state index is 12.9. The quantitative estimate of drug-likeness (QED) is 0.735. The van der Waals surface area contributed by atoms with Crippen molar-refractivity contribution in [1.29, 1.82) is 0 Å². The van der Waals surface area contributed by atoms with Crippen molar-refractivity contribution >= 4 is 11.7 Å². The van der Waals surface area contributed by atoms with Gasteiger partial charge in [-0.25, -0.2) is 9.78 Å². The fourth-order valence-corrected chi connectivity index (χ4v) is 3.61. The van der Waals surface area contributed by atoms with Crippen LogP contribution in [-0.4, -0.2) is 41.2 Å². The van der Waals surface area contributed by atoms with Crippen LogP contribution in [0.5, 0.6) is 11.5 Å². The summed E-state index contributed by atoms with van der Waals surface area (Å²) in [6.45, 7) is 1.11. The standard InChI is InChI=1S/C22H24N4O3/c1-25-19-14-26(12-11-17(19)23-21(25)15-7-5-4-6-8-15)22(27)24-18-13-16(28-2)9-10-20(18)29-3/h4-10,13H,11-12,14H2,1-3H3,(H,24,27). The number of ether oxygens (including phenoxy) is 2. The first kappa shape index (κ1) is 18.9. The molecule has 4 rings (SSSR count). The average Bonchev–Trinajstić information content (AvgIpc) is 3.10. The molecule has 0 aliphatic carbocycles. The number of benzene rings is 2. The summed E-state index contributed by atoms with van der Waals surface area (Å²) in [5, 5.41) is 2.95. The summed E-state index contributed by atoms with van der Waals surface area (Å²) in [7, 11) is 5.17. The Kier molecular flexibility index (Phi) is 5.12. The number of hydrogen-bond acceptors (Lipinski definition) is 4. The summed E-state index contributed by atoms with van der Waals surface area (Å²) in [6.07, 6.45) is 0.721. The Morgan fingerprint density at radius 1 is 1.10 bits per heavy atom. The van der Waals surface area contributed by atoms with Crippen LogP contribution in [0.25, 0.3) is 11.4 Å². The van der Waals surface area contributed by atoms with Crippen molar-refractivity contribution in [2.45, 2.75) is 13.0 Å². The minimum Gasteiger partial charge on any atom is -0.497 e. The first-order chi connectivity index (χ1) is 14.1. The second-order valence-electron chi connectivity index (χ2n) is 6.92. The predicted molar refractivity (Wildman–Crippen MR) is 111 cm³/mol. The number of hydrogen-bond donors (Lipinski definition) is 1. The van der Waals surface area contributed by atoms with Gasteiger partial charge in [-0.15, -0.1) is 0 Å². The van der Waals surface area contributed by atoms with Crippen molar-refractivity contribution in [3.05, 3.63) is 59.9 Å². The molecule has 7 heteroatoms. The van der Waals surface area contributed by atoms with Crippen LogP contribution in [0.2, 0.25) is 0 Å². The van der Waals surface area contributed by atoms with Crippen molar-refractivity contribution in [2.75, 3.05) is 26.1 Å². The molecule has 1 aromatic heterocycles. The van der Waals surface area contributed by atoms with Crippen molar-refractivity contribution < 1.29 is 14.3 Å². The van der Waals surface area contributed by atoms with E-state index in [1.165, 1.54) is 0 Å². The molecule has 0 saturated carbocycles. The second kappa shape index (κ2) is 7.87. The lowest BCUT2D eigenvalue weighted by atomic mass is 10.1. The van der Waals surface area contributed by atoms with Crippen molar-refractivity contribution in [3.8, 4) is 22.9 Å². The molecule has 7 nitrogen and oxygen atoms in total. The van der Waals surface area contributed by atoms with Gasteiger partial charge in [0, 0.05) is 31.6 Å². The highest BCUT2D eigenvalue weighted by molar-refractivity contribution is 5.91. The molecule has 2 heterocycles. The molecule has 0 atom stereocenters. The first-order valence-corrected chi connectivity index (χ1v) is 9.48. The van der Waals surface area contributed by atoms with E-state index in [1.54, 1.807) is 37.3 Å². The third-order valence-corrected chi connectivity index (χ3v) is 5.22. The van der Waals surface area contributed by atoms with Crippen LogP contribution in [0.15, 0.2) is 48.5 Å². The number of anilines is 1. The lowest BCUT2D eigenvalue weighted by Crippen LogP contribution is -2.39. The molecule has 2 amide bonds. The number of nitrogens with zero attached hydrogens (tertiary/aromatic N) is 3. The van der Waals surface area contributed by atoms with Gasteiger partial charge in [0.05, 0.1) is 37.8 Å². The number of fused-ring (bicyclic) bond motifs is 1. The maximum Gasteiger partial charge on any atom is 0.322 e. The minimum atomic E-state index is -0.176. The van der Waals surface area contributed by atoms with E-state index in [1.807, 2.05) is 37.4 Å². The molecule has 29 heavy (non-hydrogen) atoms. The Balaban J connectivity index is 1.55. The van der Waals surface area contributed by atoms with Crippen LogP contribution in [-0.2, 0) is 20.0 Å². The molecule has 1 aliphatic heterocycles. The molecule has 0 saturated heterocycles. The number of methoxy groups -OCH3 is 2. The molecule has 0 fully saturated rings. The van der Waals surface area contributed by atoms with Gasteiger partial charge in [0.25, 0.3) is 0 Å². The fraction of sp³-hybridized carbons (Fsp3) is 0.273. The number of amides is 2. The highest BCUT2D eigenvalue weighted by atomic mass is 16.5. The Bertz CT molecular complexity index is 1030. The van der Waals surface area contributed by atoms with Gasteiger partial charge in [-0.2, -0.15) is 0 Å². The second-order valence-corrected chi connectivity index (χ2v) is 6.92. The summed E-state index contributed by atoms with van der Waals surface area (Å²) in [6, 6.07) is 15.2. The summed E-state index contributed by atoms with van der Waals surface area (Å²) in [4.78, 5) is 19.5. The van der Waals surface area contributed by atoms with E-state index < -0.39 is 0 Å². The first-order valence-electron chi connectivity index (χ1n) is 9.48. The summed E-state index contributed by atoms with van der Waals surface area (Å²) in [5.74, 6) is 2.16. The van der Waals surface area contributed by atoms with E-state index in [9.17, 15) is 4.79 Å². The van der Waals surface area contributed by atoms with Gasteiger partial charge in [-0.3, -0.25) is 0 Å². The van der Waals surface area contributed by atoms with Crippen molar-refractivity contribution in [2.24, 2.45) is 7.05 Å². The highest BCUT2D eigenvalue weighted by Gasteiger charge is 2.26. The number of carbonyl (C=O) groups excluding carboxylic acids is 1. The average molecular weight is 392 g/mol. The van der Waals surface area contributed by atoms with E-state index in [2.05, 4.69) is 9.88 Å². The van der Waals surface area contributed by atoms with Gasteiger partial charge in [-0.1, -0.05) is 30.3 Å².